The van der Waals surface area contributed by atoms with Crippen LogP contribution in [0.15, 0.2) is 52.1 Å². The highest BCUT2D eigenvalue weighted by Gasteiger charge is 2.17. The third kappa shape index (κ3) is 4.73. The van der Waals surface area contributed by atoms with Gasteiger partial charge in [0, 0.05) is 16.2 Å². The number of nitrogens with zero attached hydrogens (tertiary/aromatic N) is 1. The lowest BCUT2D eigenvalue weighted by Crippen LogP contribution is -2.26. The zero-order valence-corrected chi connectivity index (χ0v) is 15.2. The molecule has 1 aliphatic rings. The molecule has 0 saturated heterocycles. The molecule has 2 aromatic carbocycles. The quantitative estimate of drug-likeness (QED) is 0.610. The molecule has 0 bridgehead atoms. The molecule has 1 atom stereocenters. The van der Waals surface area contributed by atoms with E-state index in [2.05, 4.69) is 26.4 Å². The molecule has 25 heavy (non-hydrogen) atoms. The lowest BCUT2D eigenvalue weighted by atomic mass is 10.2. The van der Waals surface area contributed by atoms with Crippen LogP contribution in [0.4, 0.5) is 5.69 Å². The third-order valence-electron chi connectivity index (χ3n) is 3.47. The van der Waals surface area contributed by atoms with E-state index in [0.29, 0.717) is 30.4 Å². The van der Waals surface area contributed by atoms with E-state index in [-0.39, 0.29) is 5.91 Å². The molecule has 1 N–H and O–H groups in total. The van der Waals surface area contributed by atoms with Gasteiger partial charge in [0.15, 0.2) is 11.5 Å². The first-order valence-electron chi connectivity index (χ1n) is 7.77. The molecular weight excluding hydrogens is 388 g/mol. The Balaban J connectivity index is 1.54. The summed E-state index contributed by atoms with van der Waals surface area (Å²) in [6.07, 6.45) is 0.820. The van der Waals surface area contributed by atoms with Gasteiger partial charge in [-0.05, 0) is 36.8 Å². The molecule has 0 radical (unpaired) electrons. The Morgan fingerprint density at radius 3 is 2.68 bits per heavy atom. The molecule has 1 heterocycles. The van der Waals surface area contributed by atoms with Crippen LogP contribution in [0.1, 0.15) is 12.5 Å². The van der Waals surface area contributed by atoms with E-state index in [1.54, 1.807) is 31.3 Å². The maximum atomic E-state index is 12.2. The normalized spacial score (nSPS) is 14.2. The number of amides is 1. The van der Waals surface area contributed by atoms with Gasteiger partial charge in [-0.3, -0.25) is 4.79 Å². The van der Waals surface area contributed by atoms with Gasteiger partial charge in [0.1, 0.15) is 13.2 Å². The van der Waals surface area contributed by atoms with Crippen LogP contribution in [0.25, 0.3) is 0 Å². The van der Waals surface area contributed by atoms with Crippen molar-refractivity contribution in [3.05, 3.63) is 52.5 Å². The van der Waals surface area contributed by atoms with Crippen molar-refractivity contribution in [3.63, 3.8) is 0 Å². The molecule has 0 spiro atoms. The van der Waals surface area contributed by atoms with Crippen LogP contribution in [-0.4, -0.2) is 31.4 Å². The van der Waals surface area contributed by atoms with Crippen LogP contribution in [-0.2, 0) is 9.63 Å². The van der Waals surface area contributed by atoms with Gasteiger partial charge in [-0.2, -0.15) is 0 Å². The number of hydrogen-bond donors (Lipinski definition) is 1. The van der Waals surface area contributed by atoms with Crippen molar-refractivity contribution in [2.75, 3.05) is 18.5 Å². The van der Waals surface area contributed by atoms with Crippen LogP contribution < -0.4 is 14.8 Å². The molecule has 3 rings (SSSR count). The topological polar surface area (TPSA) is 69.2 Å². The van der Waals surface area contributed by atoms with E-state index in [9.17, 15) is 4.79 Å². The highest BCUT2D eigenvalue weighted by molar-refractivity contribution is 9.10. The van der Waals surface area contributed by atoms with E-state index in [0.717, 1.165) is 10.0 Å². The number of benzene rings is 2. The maximum absolute atomic E-state index is 12.2. The summed E-state index contributed by atoms with van der Waals surface area (Å²) in [7, 11) is 0. The van der Waals surface area contributed by atoms with E-state index in [4.69, 9.17) is 14.3 Å². The largest absolute Gasteiger partial charge is 0.486 e. The molecule has 2 aromatic rings. The molecule has 0 saturated carbocycles. The predicted octanol–water partition coefficient (Wildman–Crippen LogP) is 3.60. The van der Waals surface area contributed by atoms with Crippen molar-refractivity contribution in [1.82, 2.24) is 0 Å². The Hall–Kier alpha value is -2.54. The summed E-state index contributed by atoms with van der Waals surface area (Å²) in [6.45, 7) is 2.65. The van der Waals surface area contributed by atoms with Crippen LogP contribution in [0.5, 0.6) is 11.5 Å². The number of anilines is 1. The van der Waals surface area contributed by atoms with Crippen LogP contribution >= 0.6 is 15.9 Å². The van der Waals surface area contributed by atoms with Gasteiger partial charge in [0.2, 0.25) is 6.10 Å². The zero-order chi connectivity index (χ0) is 17.6. The van der Waals surface area contributed by atoms with E-state index < -0.39 is 6.10 Å². The molecule has 0 aromatic heterocycles. The molecule has 1 aliphatic heterocycles. The molecule has 1 amide bonds. The Kier molecular flexibility index (Phi) is 5.55. The van der Waals surface area contributed by atoms with Gasteiger partial charge in [-0.1, -0.05) is 33.2 Å². The summed E-state index contributed by atoms with van der Waals surface area (Å²) in [5.41, 5.74) is 1.49. The lowest BCUT2D eigenvalue weighted by molar-refractivity contribution is -0.126. The Morgan fingerprint density at radius 2 is 1.92 bits per heavy atom. The van der Waals surface area contributed by atoms with Crippen LogP contribution in [0.2, 0.25) is 0 Å². The fraction of sp³-hybridized carbons (Fsp3) is 0.222. The highest BCUT2D eigenvalue weighted by atomic mass is 79.9. The van der Waals surface area contributed by atoms with Gasteiger partial charge in [-0.15, -0.1) is 0 Å². The van der Waals surface area contributed by atoms with Crippen molar-refractivity contribution in [2.24, 2.45) is 5.16 Å². The first-order chi connectivity index (χ1) is 12.1. The standard InChI is InChI=1S/C18H17BrN2O4/c1-12(25-20-11-13-2-4-14(19)5-3-13)18(22)21-15-6-7-16-17(10-15)24-9-8-23-16/h2-7,10-12H,8-9H2,1H3,(H,21,22)/b20-11-/t12-/m0/s1. The summed E-state index contributed by atoms with van der Waals surface area (Å²) < 4.78 is 11.9. The van der Waals surface area contributed by atoms with Crippen molar-refractivity contribution in [2.45, 2.75) is 13.0 Å². The fourth-order valence-corrected chi connectivity index (χ4v) is 2.41. The molecular formula is C18H17BrN2O4. The van der Waals surface area contributed by atoms with Gasteiger partial charge >= 0.3 is 0 Å². The summed E-state index contributed by atoms with van der Waals surface area (Å²) >= 11 is 3.36. The minimum absolute atomic E-state index is 0.301. The van der Waals surface area contributed by atoms with Gasteiger partial charge in [-0.25, -0.2) is 0 Å². The SMILES string of the molecule is C[C@H](O/N=C\c1ccc(Br)cc1)C(=O)Nc1ccc2c(c1)OCCO2. The van der Waals surface area contributed by atoms with Crippen LogP contribution in [0, 0.1) is 0 Å². The van der Waals surface area contributed by atoms with E-state index in [1.807, 2.05) is 24.3 Å². The van der Waals surface area contributed by atoms with Crippen molar-refractivity contribution in [3.8, 4) is 11.5 Å². The van der Waals surface area contributed by atoms with Gasteiger partial charge in [0.05, 0.1) is 6.21 Å². The Morgan fingerprint density at radius 1 is 1.20 bits per heavy atom. The fourth-order valence-electron chi connectivity index (χ4n) is 2.14. The number of ether oxygens (including phenoxy) is 2. The summed E-state index contributed by atoms with van der Waals surface area (Å²) in [6, 6.07) is 12.8. The minimum Gasteiger partial charge on any atom is -0.486 e. The number of carbonyl (C=O) groups is 1. The molecule has 130 valence electrons. The number of nitrogens with one attached hydrogen (secondary N) is 1. The van der Waals surface area contributed by atoms with Crippen molar-refractivity contribution in [1.29, 1.82) is 0 Å². The number of hydrogen-bond acceptors (Lipinski definition) is 5. The monoisotopic (exact) mass is 404 g/mol. The molecule has 0 aliphatic carbocycles. The lowest BCUT2D eigenvalue weighted by Gasteiger charge is -2.19. The Bertz CT molecular complexity index is 777. The maximum Gasteiger partial charge on any atom is 0.267 e. The molecule has 7 heteroatoms. The summed E-state index contributed by atoms with van der Waals surface area (Å²) in [5.74, 6) is 0.989. The second kappa shape index (κ2) is 8.02. The van der Waals surface area contributed by atoms with Crippen molar-refractivity contribution >= 4 is 33.7 Å². The van der Waals surface area contributed by atoms with E-state index in [1.165, 1.54) is 0 Å². The third-order valence-corrected chi connectivity index (χ3v) is 4.00. The average molecular weight is 405 g/mol. The predicted molar refractivity (Wildman–Crippen MR) is 98.3 cm³/mol. The second-order valence-electron chi connectivity index (χ2n) is 5.38. The molecule has 0 unspecified atom stereocenters. The van der Waals surface area contributed by atoms with E-state index >= 15 is 0 Å². The first kappa shape index (κ1) is 17.3. The smallest absolute Gasteiger partial charge is 0.267 e. The molecule has 6 nitrogen and oxygen atoms in total. The number of oxime groups is 1. The number of rotatable bonds is 5. The highest BCUT2D eigenvalue weighted by Crippen LogP contribution is 2.32. The van der Waals surface area contributed by atoms with Gasteiger partial charge < -0.3 is 19.6 Å². The molecule has 0 fully saturated rings. The Labute approximate surface area is 153 Å². The number of halogens is 1. The van der Waals surface area contributed by atoms with Crippen LogP contribution in [0.3, 0.4) is 0 Å². The van der Waals surface area contributed by atoms with Crippen molar-refractivity contribution < 1.29 is 19.1 Å². The average Bonchev–Trinajstić information content (AvgIpc) is 2.63. The zero-order valence-electron chi connectivity index (χ0n) is 13.6. The summed E-state index contributed by atoms with van der Waals surface area (Å²) in [4.78, 5) is 17.4. The second-order valence-corrected chi connectivity index (χ2v) is 6.30. The number of fused-ring (bicyclic) bond motifs is 1. The minimum atomic E-state index is -0.736. The summed E-state index contributed by atoms with van der Waals surface area (Å²) in [5, 5.41) is 6.63. The number of carbonyl (C=O) groups excluding carboxylic acids is 1. The first-order valence-corrected chi connectivity index (χ1v) is 8.56. The van der Waals surface area contributed by atoms with Gasteiger partial charge in [0.25, 0.3) is 5.91 Å².